The van der Waals surface area contributed by atoms with Crippen molar-refractivity contribution in [3.8, 4) is 11.4 Å². The Kier molecular flexibility index (Phi) is 9.29. The maximum atomic E-state index is 14.0. The Balaban J connectivity index is 0.00000341. The summed E-state index contributed by atoms with van der Waals surface area (Å²) in [7, 11) is 1.71. The van der Waals surface area contributed by atoms with Gasteiger partial charge >= 0.3 is 0 Å². The molecule has 3 rings (SSSR count). The Labute approximate surface area is 199 Å². The van der Waals surface area contributed by atoms with Crippen LogP contribution in [0.3, 0.4) is 0 Å². The summed E-state index contributed by atoms with van der Waals surface area (Å²) in [5.74, 6) is 0.537. The first-order valence-electron chi connectivity index (χ1n) is 9.99. The smallest absolute Gasteiger partial charge is 0.191 e. The van der Waals surface area contributed by atoms with E-state index in [1.807, 2.05) is 43.7 Å². The fourth-order valence-electron chi connectivity index (χ4n) is 3.25. The molecule has 166 valence electrons. The van der Waals surface area contributed by atoms with Crippen molar-refractivity contribution in [1.29, 1.82) is 0 Å². The summed E-state index contributed by atoms with van der Waals surface area (Å²) in [6.07, 6.45) is 0. The van der Waals surface area contributed by atoms with E-state index in [0.717, 1.165) is 28.2 Å². The van der Waals surface area contributed by atoms with E-state index in [-0.39, 0.29) is 35.5 Å². The number of rotatable bonds is 7. The van der Waals surface area contributed by atoms with Crippen LogP contribution in [0.5, 0.6) is 5.75 Å². The minimum atomic E-state index is -0.363. The second kappa shape index (κ2) is 11.7. The van der Waals surface area contributed by atoms with Crippen molar-refractivity contribution in [3.63, 3.8) is 0 Å². The lowest BCUT2D eigenvalue weighted by molar-refractivity contribution is 0.321. The van der Waals surface area contributed by atoms with E-state index >= 15 is 0 Å². The van der Waals surface area contributed by atoms with E-state index in [0.29, 0.717) is 25.7 Å². The third-order valence-corrected chi connectivity index (χ3v) is 4.66. The van der Waals surface area contributed by atoms with Gasteiger partial charge in [-0.25, -0.2) is 9.07 Å². The zero-order valence-corrected chi connectivity index (χ0v) is 20.6. The van der Waals surface area contributed by atoms with Crippen molar-refractivity contribution in [3.05, 3.63) is 76.9 Å². The molecule has 0 aliphatic rings. The number of aliphatic imine (C=N–C) groups is 1. The summed E-state index contributed by atoms with van der Waals surface area (Å²) in [6, 6.07) is 15.1. The summed E-state index contributed by atoms with van der Waals surface area (Å²) in [5.41, 5.74) is 5.00. The monoisotopic (exact) mass is 537 g/mol. The Morgan fingerprint density at radius 3 is 2.48 bits per heavy atom. The molecular formula is C23H29FIN5O. The number of nitrogens with zero attached hydrogens (tertiary/aromatic N) is 3. The molecule has 8 heteroatoms. The normalized spacial score (nSPS) is 11.1. The van der Waals surface area contributed by atoms with E-state index in [9.17, 15) is 4.39 Å². The van der Waals surface area contributed by atoms with Crippen molar-refractivity contribution >= 4 is 29.9 Å². The highest BCUT2D eigenvalue weighted by Gasteiger charge is 2.10. The molecule has 2 aromatic carbocycles. The average Bonchev–Trinajstić information content (AvgIpc) is 3.08. The number of guanidine groups is 1. The van der Waals surface area contributed by atoms with E-state index in [2.05, 4.69) is 38.9 Å². The number of aromatic nitrogens is 2. The molecule has 0 aliphatic carbocycles. The average molecular weight is 537 g/mol. The molecule has 2 N–H and O–H groups in total. The maximum Gasteiger partial charge on any atom is 0.191 e. The van der Waals surface area contributed by atoms with Crippen LogP contribution in [0.15, 0.2) is 53.5 Å². The van der Waals surface area contributed by atoms with Crippen molar-refractivity contribution < 1.29 is 9.13 Å². The molecule has 31 heavy (non-hydrogen) atoms. The minimum absolute atomic E-state index is 0. The van der Waals surface area contributed by atoms with Crippen LogP contribution in [0, 0.1) is 19.7 Å². The lowest BCUT2D eigenvalue weighted by atomic mass is 10.1. The molecule has 0 unspecified atom stereocenters. The molecule has 6 nitrogen and oxygen atoms in total. The molecular weight excluding hydrogens is 508 g/mol. The van der Waals surface area contributed by atoms with Gasteiger partial charge in [0, 0.05) is 25.8 Å². The van der Waals surface area contributed by atoms with Gasteiger partial charge < -0.3 is 15.4 Å². The molecule has 0 bridgehead atoms. The third kappa shape index (κ3) is 6.43. The van der Waals surface area contributed by atoms with Crippen LogP contribution >= 0.6 is 24.0 Å². The highest BCUT2D eigenvalue weighted by atomic mass is 127. The number of nitrogens with one attached hydrogen (secondary N) is 2. The maximum absolute atomic E-state index is 14.0. The molecule has 0 saturated heterocycles. The van der Waals surface area contributed by atoms with Gasteiger partial charge in [0.1, 0.15) is 0 Å². The van der Waals surface area contributed by atoms with Crippen LogP contribution in [-0.4, -0.2) is 29.4 Å². The molecule has 3 aromatic rings. The van der Waals surface area contributed by atoms with Gasteiger partial charge in [0.15, 0.2) is 17.5 Å². The van der Waals surface area contributed by atoms with E-state index in [1.54, 1.807) is 13.1 Å². The largest absolute Gasteiger partial charge is 0.491 e. The summed E-state index contributed by atoms with van der Waals surface area (Å²) in [6.45, 7) is 7.32. The summed E-state index contributed by atoms with van der Waals surface area (Å²) in [4.78, 5) is 4.27. The predicted molar refractivity (Wildman–Crippen MR) is 133 cm³/mol. The molecule has 0 atom stereocenters. The van der Waals surface area contributed by atoms with Gasteiger partial charge in [0.25, 0.3) is 0 Å². The van der Waals surface area contributed by atoms with Gasteiger partial charge in [-0.05, 0) is 56.2 Å². The van der Waals surface area contributed by atoms with Crippen molar-refractivity contribution in [2.75, 3.05) is 13.7 Å². The topological polar surface area (TPSA) is 63.5 Å². The Morgan fingerprint density at radius 1 is 1.10 bits per heavy atom. The third-order valence-electron chi connectivity index (χ3n) is 4.66. The fourth-order valence-corrected chi connectivity index (χ4v) is 3.25. The number of halogens is 2. The molecule has 0 aliphatic heterocycles. The zero-order chi connectivity index (χ0) is 21.5. The number of benzene rings is 2. The first kappa shape index (κ1) is 24.6. The molecule has 0 amide bonds. The van der Waals surface area contributed by atoms with Gasteiger partial charge in [0.2, 0.25) is 0 Å². The first-order valence-corrected chi connectivity index (χ1v) is 9.99. The molecule has 0 fully saturated rings. The van der Waals surface area contributed by atoms with Crippen molar-refractivity contribution in [1.82, 2.24) is 20.4 Å². The number of ether oxygens (including phenoxy) is 1. The van der Waals surface area contributed by atoms with E-state index in [1.165, 1.54) is 6.07 Å². The van der Waals surface area contributed by atoms with Crippen LogP contribution in [0.25, 0.3) is 5.69 Å². The van der Waals surface area contributed by atoms with Crippen LogP contribution in [0.2, 0.25) is 0 Å². The lowest BCUT2D eigenvalue weighted by Gasteiger charge is -2.15. The molecule has 0 spiro atoms. The van der Waals surface area contributed by atoms with Gasteiger partial charge in [-0.2, -0.15) is 5.10 Å². The van der Waals surface area contributed by atoms with Gasteiger partial charge in [-0.15, -0.1) is 24.0 Å². The second-order valence-corrected chi connectivity index (χ2v) is 6.94. The Bertz CT molecular complexity index is 1030. The molecule has 1 heterocycles. The second-order valence-electron chi connectivity index (χ2n) is 6.94. The molecule has 1 aromatic heterocycles. The minimum Gasteiger partial charge on any atom is -0.491 e. The van der Waals surface area contributed by atoms with Gasteiger partial charge in [-0.1, -0.05) is 24.3 Å². The highest BCUT2D eigenvalue weighted by molar-refractivity contribution is 14.0. The predicted octanol–water partition coefficient (Wildman–Crippen LogP) is 4.51. The van der Waals surface area contributed by atoms with E-state index in [4.69, 9.17) is 4.74 Å². The lowest BCUT2D eigenvalue weighted by Crippen LogP contribution is -2.36. The van der Waals surface area contributed by atoms with Crippen molar-refractivity contribution in [2.45, 2.75) is 33.9 Å². The zero-order valence-electron chi connectivity index (χ0n) is 18.3. The van der Waals surface area contributed by atoms with E-state index < -0.39 is 0 Å². The SMILES string of the molecule is CCOc1ccc(CNC(=NC)NCc2ccccc2-n2nc(C)cc2C)cc1F.I. The summed E-state index contributed by atoms with van der Waals surface area (Å²) >= 11 is 0. The molecule has 0 radical (unpaired) electrons. The number of hydrogen-bond acceptors (Lipinski definition) is 3. The van der Waals surface area contributed by atoms with Crippen LogP contribution in [-0.2, 0) is 13.1 Å². The van der Waals surface area contributed by atoms with Gasteiger partial charge in [-0.3, -0.25) is 4.99 Å². The number of aryl methyl sites for hydroxylation is 2. The standard InChI is InChI=1S/C23H28FN5O.HI/c1-5-30-22-11-10-18(13-20(22)24)14-26-23(25-4)27-15-19-8-6-7-9-21(19)29-17(3)12-16(2)28-29;/h6-13H,5,14-15H2,1-4H3,(H2,25,26,27);1H. The number of para-hydroxylation sites is 1. The fraction of sp³-hybridized carbons (Fsp3) is 0.304. The quantitative estimate of drug-likeness (QED) is 0.265. The summed E-state index contributed by atoms with van der Waals surface area (Å²) in [5, 5.41) is 11.1. The Hall–Kier alpha value is -2.62. The Morgan fingerprint density at radius 2 is 1.84 bits per heavy atom. The highest BCUT2D eigenvalue weighted by Crippen LogP contribution is 2.19. The summed E-state index contributed by atoms with van der Waals surface area (Å²) < 4.78 is 21.2. The van der Waals surface area contributed by atoms with Crippen LogP contribution < -0.4 is 15.4 Å². The van der Waals surface area contributed by atoms with Gasteiger partial charge in [0.05, 0.1) is 18.0 Å². The van der Waals surface area contributed by atoms with Crippen LogP contribution in [0.1, 0.15) is 29.4 Å². The van der Waals surface area contributed by atoms with Crippen molar-refractivity contribution in [2.24, 2.45) is 4.99 Å². The number of hydrogen-bond donors (Lipinski definition) is 2. The van der Waals surface area contributed by atoms with Crippen LogP contribution in [0.4, 0.5) is 4.39 Å². The molecule has 0 saturated carbocycles. The first-order chi connectivity index (χ1) is 14.5.